The zero-order chi connectivity index (χ0) is 10.3. The van der Waals surface area contributed by atoms with Gasteiger partial charge in [-0.1, -0.05) is 0 Å². The molecule has 0 aromatic carbocycles. The summed E-state index contributed by atoms with van der Waals surface area (Å²) in [7, 11) is 1.97. The van der Waals surface area contributed by atoms with Gasteiger partial charge in [-0.05, 0) is 38.5 Å². The van der Waals surface area contributed by atoms with Crippen LogP contribution >= 0.6 is 0 Å². The Kier molecular flexibility index (Phi) is 2.11. The Balaban J connectivity index is 2.06. The van der Waals surface area contributed by atoms with Crippen LogP contribution in [0.2, 0.25) is 0 Å². The zero-order valence-corrected chi connectivity index (χ0v) is 9.21. The van der Waals surface area contributed by atoms with Gasteiger partial charge in [0.25, 0.3) is 0 Å². The molecule has 0 saturated heterocycles. The number of aromatic nitrogens is 2. The van der Waals surface area contributed by atoms with Gasteiger partial charge in [-0.3, -0.25) is 0 Å². The zero-order valence-electron chi connectivity index (χ0n) is 9.21. The molecule has 1 N–H and O–H groups in total. The summed E-state index contributed by atoms with van der Waals surface area (Å²) in [5.41, 5.74) is 2.68. The molecule has 0 amide bonds. The predicted molar refractivity (Wildman–Crippen MR) is 60.2 cm³/mol. The lowest BCUT2D eigenvalue weighted by molar-refractivity contribution is 0.656. The number of nitrogens with one attached hydrogen (secondary N) is 1. The van der Waals surface area contributed by atoms with Gasteiger partial charge in [0, 0.05) is 24.2 Å². The fourth-order valence-corrected chi connectivity index (χ4v) is 2.34. The standard InChI is InChI=1S/C12H17N3/c1-13-12-9-4-2-3-5-10(9)14-11(15-12)8-6-7-8/h8H,2-7H2,1H3,(H,13,14,15). The van der Waals surface area contributed by atoms with Crippen LogP contribution in [0.1, 0.15) is 48.7 Å². The number of nitrogens with zero attached hydrogens (tertiary/aromatic N) is 2. The highest BCUT2D eigenvalue weighted by molar-refractivity contribution is 5.47. The van der Waals surface area contributed by atoms with E-state index in [0.29, 0.717) is 5.92 Å². The molecule has 80 valence electrons. The molecular weight excluding hydrogens is 186 g/mol. The molecule has 3 heteroatoms. The summed E-state index contributed by atoms with van der Waals surface area (Å²) in [4.78, 5) is 9.38. The molecule has 0 bridgehead atoms. The van der Waals surface area contributed by atoms with Crippen molar-refractivity contribution >= 4 is 5.82 Å². The first-order chi connectivity index (χ1) is 7.38. The van der Waals surface area contributed by atoms with Gasteiger partial charge in [0.05, 0.1) is 0 Å². The van der Waals surface area contributed by atoms with Crippen LogP contribution in [0.4, 0.5) is 5.82 Å². The van der Waals surface area contributed by atoms with E-state index in [1.807, 2.05) is 7.05 Å². The summed E-state index contributed by atoms with van der Waals surface area (Å²) in [5.74, 6) is 2.82. The van der Waals surface area contributed by atoms with Crippen molar-refractivity contribution < 1.29 is 0 Å². The first-order valence-electron chi connectivity index (χ1n) is 5.96. The average molecular weight is 203 g/mol. The Morgan fingerprint density at radius 2 is 1.93 bits per heavy atom. The van der Waals surface area contributed by atoms with Crippen molar-refractivity contribution in [2.24, 2.45) is 0 Å². The molecule has 3 nitrogen and oxygen atoms in total. The Morgan fingerprint density at radius 1 is 1.13 bits per heavy atom. The summed E-state index contributed by atoms with van der Waals surface area (Å²) in [6.45, 7) is 0. The quantitative estimate of drug-likeness (QED) is 0.801. The predicted octanol–water partition coefficient (Wildman–Crippen LogP) is 2.27. The Labute approximate surface area is 90.3 Å². The van der Waals surface area contributed by atoms with Crippen LogP contribution in [0.3, 0.4) is 0 Å². The summed E-state index contributed by atoms with van der Waals surface area (Å²) >= 11 is 0. The Morgan fingerprint density at radius 3 is 2.67 bits per heavy atom. The topological polar surface area (TPSA) is 37.8 Å². The summed E-state index contributed by atoms with van der Waals surface area (Å²) in [5, 5.41) is 3.23. The molecule has 3 rings (SSSR count). The second kappa shape index (κ2) is 3.47. The maximum atomic E-state index is 4.73. The molecule has 0 atom stereocenters. The highest BCUT2D eigenvalue weighted by Crippen LogP contribution is 2.39. The molecule has 0 aliphatic heterocycles. The van der Waals surface area contributed by atoms with E-state index in [-0.39, 0.29) is 0 Å². The van der Waals surface area contributed by atoms with Gasteiger partial charge in [-0.2, -0.15) is 0 Å². The van der Waals surface area contributed by atoms with Crippen LogP contribution < -0.4 is 5.32 Å². The lowest BCUT2D eigenvalue weighted by Crippen LogP contribution is -2.12. The Hall–Kier alpha value is -1.12. The van der Waals surface area contributed by atoms with E-state index in [0.717, 1.165) is 24.5 Å². The van der Waals surface area contributed by atoms with E-state index in [9.17, 15) is 0 Å². The molecule has 0 unspecified atom stereocenters. The molecule has 15 heavy (non-hydrogen) atoms. The van der Waals surface area contributed by atoms with Crippen molar-refractivity contribution in [1.29, 1.82) is 0 Å². The highest BCUT2D eigenvalue weighted by atomic mass is 15.0. The van der Waals surface area contributed by atoms with Gasteiger partial charge in [0.1, 0.15) is 11.6 Å². The minimum Gasteiger partial charge on any atom is -0.373 e. The van der Waals surface area contributed by atoms with E-state index >= 15 is 0 Å². The van der Waals surface area contributed by atoms with Crippen molar-refractivity contribution in [2.45, 2.75) is 44.4 Å². The first kappa shape index (κ1) is 9.13. The maximum absolute atomic E-state index is 4.73. The van der Waals surface area contributed by atoms with E-state index in [1.165, 1.54) is 36.9 Å². The van der Waals surface area contributed by atoms with E-state index < -0.39 is 0 Å². The molecule has 1 aromatic heterocycles. The molecule has 0 radical (unpaired) electrons. The van der Waals surface area contributed by atoms with Crippen LogP contribution in [0.15, 0.2) is 0 Å². The smallest absolute Gasteiger partial charge is 0.134 e. The maximum Gasteiger partial charge on any atom is 0.134 e. The second-order valence-corrected chi connectivity index (χ2v) is 4.59. The SMILES string of the molecule is CNc1nc(C2CC2)nc2c1CCCC2. The van der Waals surface area contributed by atoms with Crippen molar-refractivity contribution in [3.8, 4) is 0 Å². The van der Waals surface area contributed by atoms with Gasteiger partial charge in [0.15, 0.2) is 0 Å². The normalized spacial score (nSPS) is 19.8. The van der Waals surface area contributed by atoms with Crippen LogP contribution in [0, 0.1) is 0 Å². The number of aryl methyl sites for hydroxylation is 1. The second-order valence-electron chi connectivity index (χ2n) is 4.59. The minimum absolute atomic E-state index is 0.657. The summed E-state index contributed by atoms with van der Waals surface area (Å²) in [6, 6.07) is 0. The lowest BCUT2D eigenvalue weighted by atomic mass is 9.96. The number of fused-ring (bicyclic) bond motifs is 1. The highest BCUT2D eigenvalue weighted by Gasteiger charge is 2.28. The molecular formula is C12H17N3. The fourth-order valence-electron chi connectivity index (χ4n) is 2.34. The van der Waals surface area contributed by atoms with E-state index in [1.54, 1.807) is 0 Å². The third-order valence-electron chi connectivity index (χ3n) is 3.38. The van der Waals surface area contributed by atoms with Crippen molar-refractivity contribution in [3.05, 3.63) is 17.1 Å². The van der Waals surface area contributed by atoms with Crippen LogP contribution in [-0.4, -0.2) is 17.0 Å². The molecule has 2 aliphatic rings. The van der Waals surface area contributed by atoms with Gasteiger partial charge in [-0.25, -0.2) is 9.97 Å². The van der Waals surface area contributed by atoms with Crippen molar-refractivity contribution in [3.63, 3.8) is 0 Å². The Bertz CT molecular complexity index is 365. The third-order valence-corrected chi connectivity index (χ3v) is 3.38. The van der Waals surface area contributed by atoms with Gasteiger partial charge in [0.2, 0.25) is 0 Å². The molecule has 1 aromatic rings. The fraction of sp³-hybridized carbons (Fsp3) is 0.667. The monoisotopic (exact) mass is 203 g/mol. The molecule has 0 spiro atoms. The van der Waals surface area contributed by atoms with Crippen LogP contribution in [-0.2, 0) is 12.8 Å². The minimum atomic E-state index is 0.657. The van der Waals surface area contributed by atoms with Gasteiger partial charge < -0.3 is 5.32 Å². The average Bonchev–Trinajstić information content (AvgIpc) is 3.11. The summed E-state index contributed by atoms with van der Waals surface area (Å²) in [6.07, 6.45) is 7.43. The van der Waals surface area contributed by atoms with Crippen molar-refractivity contribution in [2.75, 3.05) is 12.4 Å². The lowest BCUT2D eigenvalue weighted by Gasteiger charge is -2.18. The number of rotatable bonds is 2. The van der Waals surface area contributed by atoms with Gasteiger partial charge in [-0.15, -0.1) is 0 Å². The number of anilines is 1. The number of hydrogen-bond acceptors (Lipinski definition) is 3. The van der Waals surface area contributed by atoms with Crippen LogP contribution in [0.25, 0.3) is 0 Å². The molecule has 1 heterocycles. The molecule has 1 fully saturated rings. The largest absolute Gasteiger partial charge is 0.373 e. The first-order valence-corrected chi connectivity index (χ1v) is 5.96. The molecule has 2 aliphatic carbocycles. The van der Waals surface area contributed by atoms with Gasteiger partial charge >= 0.3 is 0 Å². The summed E-state index contributed by atoms with van der Waals surface area (Å²) < 4.78 is 0. The van der Waals surface area contributed by atoms with Crippen molar-refractivity contribution in [1.82, 2.24) is 9.97 Å². The van der Waals surface area contributed by atoms with Crippen LogP contribution in [0.5, 0.6) is 0 Å². The molecule has 1 saturated carbocycles. The van der Waals surface area contributed by atoms with E-state index in [4.69, 9.17) is 4.98 Å². The number of hydrogen-bond donors (Lipinski definition) is 1. The van der Waals surface area contributed by atoms with E-state index in [2.05, 4.69) is 10.3 Å². The third kappa shape index (κ3) is 1.60.